The highest BCUT2D eigenvalue weighted by atomic mass is 32.2. The number of nitrogens with one attached hydrogen (secondary N) is 2. The van der Waals surface area contributed by atoms with E-state index in [0.717, 1.165) is 55.4 Å². The van der Waals surface area contributed by atoms with Crippen molar-refractivity contribution in [3.8, 4) is 57.4 Å². The van der Waals surface area contributed by atoms with Crippen LogP contribution in [0.4, 0.5) is 8.78 Å². The van der Waals surface area contributed by atoms with Crippen LogP contribution >= 0.6 is 23.5 Å². The number of pyridine rings is 2. The molecular weight excluding hydrogens is 771 g/mol. The third-order valence-electron chi connectivity index (χ3n) is 9.44. The molecule has 57 heavy (non-hydrogen) atoms. The number of benzene rings is 4. The van der Waals surface area contributed by atoms with Crippen molar-refractivity contribution in [3.05, 3.63) is 108 Å². The summed E-state index contributed by atoms with van der Waals surface area (Å²) in [5.41, 5.74) is 4.84. The fraction of sp³-hybridized carbons (Fsp3) is 0.171. The number of hydrogen-bond donors (Lipinski definition) is 2. The van der Waals surface area contributed by atoms with Gasteiger partial charge in [-0.15, -0.1) is 10.2 Å². The topological polar surface area (TPSA) is 128 Å². The summed E-state index contributed by atoms with van der Waals surface area (Å²) >= 11 is 2.84. The van der Waals surface area contributed by atoms with Crippen LogP contribution in [0.25, 0.3) is 56.0 Å². The summed E-state index contributed by atoms with van der Waals surface area (Å²) in [5.74, 6) is 2.63. The molecule has 16 heteroatoms. The van der Waals surface area contributed by atoms with E-state index in [4.69, 9.17) is 28.9 Å². The van der Waals surface area contributed by atoms with Gasteiger partial charge in [0.2, 0.25) is 0 Å². The van der Waals surface area contributed by atoms with E-state index in [2.05, 4.69) is 20.4 Å². The molecule has 0 aliphatic carbocycles. The highest BCUT2D eigenvalue weighted by Crippen LogP contribution is 2.38. The first-order valence-corrected chi connectivity index (χ1v) is 19.5. The molecule has 0 saturated heterocycles. The Kier molecular flexibility index (Phi) is 10.4. The molecule has 288 valence electrons. The number of aryl methyl sites for hydroxylation is 2. The van der Waals surface area contributed by atoms with E-state index in [1.807, 2.05) is 59.4 Å². The minimum absolute atomic E-state index is 0.336. The quantitative estimate of drug-likeness (QED) is 0.0715. The predicted molar refractivity (Wildman–Crippen MR) is 214 cm³/mol. The van der Waals surface area contributed by atoms with Crippen molar-refractivity contribution in [2.75, 3.05) is 33.5 Å². The zero-order valence-corrected chi connectivity index (χ0v) is 33.3. The number of ether oxygens (including phenoxy) is 4. The molecule has 8 rings (SSSR count). The Hall–Kier alpha value is -6.26. The number of hydrogen-bond acceptors (Lipinski definition) is 10. The molecular formula is C41H36F2N8O4S2+2. The van der Waals surface area contributed by atoms with Crippen molar-refractivity contribution in [1.29, 1.82) is 0 Å². The minimum Gasteiger partial charge on any atom is -0.493 e. The summed E-state index contributed by atoms with van der Waals surface area (Å²) in [6, 6.07) is 24.4. The second-order valence-electron chi connectivity index (χ2n) is 12.8. The van der Waals surface area contributed by atoms with E-state index in [9.17, 15) is 8.78 Å². The molecule has 0 radical (unpaired) electrons. The molecule has 2 N–H and O–H groups in total. The highest BCUT2D eigenvalue weighted by molar-refractivity contribution is 8.15. The largest absolute Gasteiger partial charge is 0.493 e. The number of thioether (sulfide) groups is 2. The Morgan fingerprint density at radius 3 is 1.28 bits per heavy atom. The van der Waals surface area contributed by atoms with Crippen molar-refractivity contribution in [2.24, 2.45) is 0 Å². The standard InChI is InChI=1S/C41H36F2N8O4S2/c1-22-15-26-17-32(52-3)34(54-5)19-30(26)36(24-7-11-28(42)12-8-24)50(22)38-44-40(48-46-38)56-21-57-41-45-39(47-49-41)51-23(2)16-27-18-33(53-4)35(55-6)20-31(27)37(51)25-9-13-29(43)14-10-25/h7-20H,21H2,1-6H3,(H,44,46,48)(H,45,47,49)/q+2. The summed E-state index contributed by atoms with van der Waals surface area (Å²) in [4.78, 5) is 9.70. The molecule has 0 aliphatic heterocycles. The zero-order valence-electron chi connectivity index (χ0n) is 31.7. The van der Waals surface area contributed by atoms with E-state index in [0.29, 0.717) is 50.3 Å². The van der Waals surface area contributed by atoms with Crippen LogP contribution in [0.2, 0.25) is 0 Å². The molecule has 0 unspecified atom stereocenters. The fourth-order valence-corrected chi connectivity index (χ4v) is 8.48. The van der Waals surface area contributed by atoms with Crippen LogP contribution in [0, 0.1) is 25.5 Å². The lowest BCUT2D eigenvalue weighted by Gasteiger charge is -2.15. The smallest absolute Gasteiger partial charge is 0.423 e. The van der Waals surface area contributed by atoms with Gasteiger partial charge in [0, 0.05) is 21.9 Å². The summed E-state index contributed by atoms with van der Waals surface area (Å²) in [5, 5.41) is 20.3. The molecule has 0 saturated carbocycles. The van der Waals surface area contributed by atoms with Gasteiger partial charge in [-0.2, -0.15) is 9.13 Å². The molecule has 4 aromatic carbocycles. The Bertz CT molecular complexity index is 2590. The molecule has 0 aliphatic rings. The number of nitrogens with zero attached hydrogens (tertiary/aromatic N) is 6. The van der Waals surface area contributed by atoms with Crippen molar-refractivity contribution in [3.63, 3.8) is 0 Å². The van der Waals surface area contributed by atoms with Crippen LogP contribution in [-0.4, -0.2) is 63.9 Å². The maximum absolute atomic E-state index is 14.1. The third-order valence-corrected chi connectivity index (χ3v) is 11.3. The van der Waals surface area contributed by atoms with E-state index in [1.165, 1.54) is 47.8 Å². The van der Waals surface area contributed by atoms with Crippen molar-refractivity contribution in [2.45, 2.75) is 24.2 Å². The van der Waals surface area contributed by atoms with Crippen LogP contribution in [0.1, 0.15) is 11.4 Å². The number of halogens is 2. The van der Waals surface area contributed by atoms with Gasteiger partial charge in [-0.1, -0.05) is 33.7 Å². The lowest BCUT2D eigenvalue weighted by molar-refractivity contribution is -0.597. The third kappa shape index (κ3) is 7.17. The monoisotopic (exact) mass is 806 g/mol. The number of methoxy groups -OCH3 is 4. The van der Waals surface area contributed by atoms with Gasteiger partial charge < -0.3 is 18.9 Å². The summed E-state index contributed by atoms with van der Waals surface area (Å²) in [6.45, 7) is 3.94. The summed E-state index contributed by atoms with van der Waals surface area (Å²) in [7, 11) is 6.37. The first kappa shape index (κ1) is 37.7. The SMILES string of the molecule is COc1cc2cc(C)[n+](-c3nc(SCSc4n[nH]c(-[n+]5c(C)cc6cc(OC)c(OC)cc6c5-c5ccc(F)cc5)n4)n[nH]3)c(-c3ccc(F)cc3)c2cc1OC. The molecule has 0 fully saturated rings. The number of aromatic amines is 2. The van der Waals surface area contributed by atoms with E-state index >= 15 is 0 Å². The second-order valence-corrected chi connectivity index (χ2v) is 15.1. The second kappa shape index (κ2) is 15.7. The number of aromatic nitrogens is 8. The van der Waals surface area contributed by atoms with Gasteiger partial charge in [0.1, 0.15) is 23.0 Å². The maximum Gasteiger partial charge on any atom is 0.423 e. The van der Waals surface area contributed by atoms with Crippen LogP contribution in [0.5, 0.6) is 23.0 Å². The Balaban J connectivity index is 1.09. The summed E-state index contributed by atoms with van der Waals surface area (Å²) < 4.78 is 54.5. The van der Waals surface area contributed by atoms with Crippen molar-refractivity contribution < 1.29 is 36.9 Å². The molecule has 4 heterocycles. The Morgan fingerprint density at radius 1 is 0.544 bits per heavy atom. The van der Waals surface area contributed by atoms with E-state index < -0.39 is 0 Å². The molecule has 0 bridgehead atoms. The number of rotatable bonds is 12. The normalized spacial score (nSPS) is 11.4. The first-order chi connectivity index (χ1) is 27.7. The average Bonchev–Trinajstić information content (AvgIpc) is 3.89. The Labute approximate surface area is 334 Å². The van der Waals surface area contributed by atoms with Crippen molar-refractivity contribution >= 4 is 45.1 Å². The van der Waals surface area contributed by atoms with Gasteiger partial charge in [-0.05, 0) is 120 Å². The van der Waals surface area contributed by atoms with Gasteiger partial charge in [0.05, 0.1) is 44.9 Å². The van der Waals surface area contributed by atoms with Gasteiger partial charge in [-0.3, -0.25) is 0 Å². The van der Waals surface area contributed by atoms with Crippen LogP contribution < -0.4 is 28.1 Å². The van der Waals surface area contributed by atoms with Gasteiger partial charge in [0.25, 0.3) is 10.3 Å². The van der Waals surface area contributed by atoms with Crippen LogP contribution in [0.3, 0.4) is 0 Å². The number of fused-ring (bicyclic) bond motifs is 2. The average molecular weight is 807 g/mol. The molecule has 12 nitrogen and oxygen atoms in total. The van der Waals surface area contributed by atoms with Gasteiger partial charge in [-0.25, -0.2) is 8.78 Å². The minimum atomic E-state index is -0.336. The van der Waals surface area contributed by atoms with Gasteiger partial charge in [0.15, 0.2) is 23.0 Å². The van der Waals surface area contributed by atoms with Gasteiger partial charge >= 0.3 is 11.9 Å². The Morgan fingerprint density at radius 2 is 0.912 bits per heavy atom. The molecule has 0 atom stereocenters. The molecule has 0 amide bonds. The summed E-state index contributed by atoms with van der Waals surface area (Å²) in [6.07, 6.45) is 0. The van der Waals surface area contributed by atoms with E-state index in [-0.39, 0.29) is 11.6 Å². The maximum atomic E-state index is 14.1. The molecule has 8 aromatic rings. The number of H-pyrrole nitrogens is 2. The van der Waals surface area contributed by atoms with E-state index in [1.54, 1.807) is 52.7 Å². The fourth-order valence-electron chi connectivity index (χ4n) is 6.88. The molecule has 4 aromatic heterocycles. The molecule has 0 spiro atoms. The van der Waals surface area contributed by atoms with Crippen molar-refractivity contribution in [1.82, 2.24) is 30.4 Å². The highest BCUT2D eigenvalue weighted by Gasteiger charge is 2.27. The van der Waals surface area contributed by atoms with Crippen LogP contribution in [-0.2, 0) is 0 Å². The zero-order chi connectivity index (χ0) is 39.8. The lowest BCUT2D eigenvalue weighted by atomic mass is 10.0. The lowest BCUT2D eigenvalue weighted by Crippen LogP contribution is -2.38. The first-order valence-electron chi connectivity index (χ1n) is 17.6. The predicted octanol–water partition coefficient (Wildman–Crippen LogP) is 7.89. The van der Waals surface area contributed by atoms with Crippen LogP contribution in [0.15, 0.2) is 95.2 Å².